The Morgan fingerprint density at radius 1 is 0.897 bits per heavy atom. The van der Waals surface area contributed by atoms with Crippen molar-refractivity contribution in [3.8, 4) is 0 Å². The number of thiazole rings is 1. The Morgan fingerprint density at radius 3 is 2.17 bits per heavy atom. The molecule has 2 rings (SSSR count). The molecule has 0 aliphatic rings. The van der Waals surface area contributed by atoms with Gasteiger partial charge in [-0.1, -0.05) is 43.7 Å². The van der Waals surface area contributed by atoms with Crippen LogP contribution in [-0.4, -0.2) is 39.4 Å². The third-order valence-electron chi connectivity index (χ3n) is 3.55. The number of aromatic nitrogens is 1. The molecule has 0 amide bonds. The quantitative estimate of drug-likeness (QED) is 0.115. The van der Waals surface area contributed by atoms with E-state index in [0.29, 0.717) is 19.8 Å². The summed E-state index contributed by atoms with van der Waals surface area (Å²) < 4.78 is 20.8. The second-order valence-corrected chi connectivity index (χ2v) is 17.8. The summed E-state index contributed by atoms with van der Waals surface area (Å²) in [5, 5.41) is 0. The number of fused-ring (bicyclic) bond motifs is 1. The Bertz CT molecular complexity index is 638. The Kier molecular flexibility index (Phi) is 14.2. The van der Waals surface area contributed by atoms with E-state index in [0.717, 1.165) is 40.9 Å². The molecule has 0 saturated heterocycles. The van der Waals surface area contributed by atoms with Gasteiger partial charge in [-0.05, 0) is 71.7 Å². The summed E-state index contributed by atoms with van der Waals surface area (Å²) in [7, 11) is 6.35. The smallest absolute Gasteiger partial charge is 0.373 e. The van der Waals surface area contributed by atoms with Crippen LogP contribution in [0.1, 0.15) is 40.0 Å². The Balaban J connectivity index is 1.69. The first-order chi connectivity index (χ1) is 14.2. The van der Waals surface area contributed by atoms with Crippen LogP contribution in [-0.2, 0) is 13.3 Å². The van der Waals surface area contributed by atoms with Crippen LogP contribution in [0.2, 0.25) is 6.04 Å². The number of hydrogen-bond acceptors (Lipinski definition) is 10. The highest BCUT2D eigenvalue weighted by Gasteiger charge is 2.40. The molecule has 4 nitrogen and oxygen atoms in total. The molecule has 2 aromatic rings. The zero-order valence-corrected chi connectivity index (χ0v) is 23.0. The van der Waals surface area contributed by atoms with Gasteiger partial charge in [0.25, 0.3) is 0 Å². The monoisotopic (exact) mass is 527 g/mol. The molecule has 0 aliphatic carbocycles. The molecule has 0 unspecified atom stereocenters. The largest absolute Gasteiger partial charge is 0.501 e. The SMILES string of the molecule is CCCO[Si](CCSSSSSc1nc2ccccc2s1)(OCCC)OCCC. The highest BCUT2D eigenvalue weighted by Crippen LogP contribution is 2.52. The average Bonchev–Trinajstić information content (AvgIpc) is 3.16. The summed E-state index contributed by atoms with van der Waals surface area (Å²) in [5.74, 6) is 0.966. The molecule has 0 bridgehead atoms. The molecule has 0 radical (unpaired) electrons. The predicted molar refractivity (Wildman–Crippen MR) is 140 cm³/mol. The summed E-state index contributed by atoms with van der Waals surface area (Å²) in [6.45, 7) is 8.50. The fourth-order valence-corrected chi connectivity index (χ4v) is 16.1. The Labute approximate surface area is 198 Å². The highest BCUT2D eigenvalue weighted by atomic mass is 33.8. The van der Waals surface area contributed by atoms with Gasteiger partial charge < -0.3 is 13.3 Å². The average molecular weight is 528 g/mol. The van der Waals surface area contributed by atoms with Crippen LogP contribution in [0.4, 0.5) is 0 Å². The van der Waals surface area contributed by atoms with Crippen molar-refractivity contribution < 1.29 is 13.3 Å². The van der Waals surface area contributed by atoms with Gasteiger partial charge in [-0.2, -0.15) is 0 Å². The Morgan fingerprint density at radius 2 is 1.55 bits per heavy atom. The zero-order chi connectivity index (χ0) is 20.8. The maximum Gasteiger partial charge on any atom is 0.501 e. The fraction of sp³-hybridized carbons (Fsp3) is 0.611. The lowest BCUT2D eigenvalue weighted by atomic mass is 10.3. The van der Waals surface area contributed by atoms with Crippen molar-refractivity contribution in [2.75, 3.05) is 25.6 Å². The lowest BCUT2D eigenvalue weighted by Crippen LogP contribution is -2.47. The molecular formula is C18H29NO3S6Si. The van der Waals surface area contributed by atoms with Crippen molar-refractivity contribution >= 4 is 81.4 Å². The van der Waals surface area contributed by atoms with Crippen LogP contribution in [0.3, 0.4) is 0 Å². The molecule has 0 atom stereocenters. The third kappa shape index (κ3) is 9.96. The second-order valence-electron chi connectivity index (χ2n) is 6.04. The highest BCUT2D eigenvalue weighted by molar-refractivity contribution is 9.35. The van der Waals surface area contributed by atoms with Crippen molar-refractivity contribution in [1.82, 2.24) is 4.98 Å². The van der Waals surface area contributed by atoms with Crippen molar-refractivity contribution in [2.45, 2.75) is 50.4 Å². The summed E-state index contributed by atoms with van der Waals surface area (Å²) >= 11 is 1.75. The van der Waals surface area contributed by atoms with E-state index in [9.17, 15) is 0 Å². The van der Waals surface area contributed by atoms with E-state index in [1.807, 2.05) is 16.9 Å². The van der Waals surface area contributed by atoms with Crippen LogP contribution in [0.15, 0.2) is 28.6 Å². The standard InChI is InChI=1S/C18H29NO3S6Si/c1-4-11-20-29(21-12-5-2,22-13-6-3)15-14-23-26-28-27-25-18-19-16-9-7-8-10-17(16)24-18/h7-10H,4-6,11-15H2,1-3H3. The van der Waals surface area contributed by atoms with E-state index in [1.165, 1.54) is 4.70 Å². The van der Waals surface area contributed by atoms with Crippen LogP contribution in [0, 0.1) is 0 Å². The van der Waals surface area contributed by atoms with Gasteiger partial charge in [-0.3, -0.25) is 0 Å². The zero-order valence-electron chi connectivity index (χ0n) is 17.1. The van der Waals surface area contributed by atoms with Crippen LogP contribution >= 0.6 is 62.4 Å². The number of para-hydroxylation sites is 1. The number of nitrogens with zero attached hydrogens (tertiary/aromatic N) is 1. The summed E-state index contributed by atoms with van der Waals surface area (Å²) in [5.41, 5.74) is 1.08. The number of hydrogen-bond donors (Lipinski definition) is 0. The summed E-state index contributed by atoms with van der Waals surface area (Å²) in [4.78, 5) is 4.65. The van der Waals surface area contributed by atoms with Gasteiger partial charge in [0.2, 0.25) is 0 Å². The second kappa shape index (κ2) is 15.7. The van der Waals surface area contributed by atoms with E-state index in [4.69, 9.17) is 13.3 Å². The van der Waals surface area contributed by atoms with E-state index >= 15 is 0 Å². The van der Waals surface area contributed by atoms with Crippen LogP contribution in [0.25, 0.3) is 10.2 Å². The molecule has 0 aliphatic heterocycles. The topological polar surface area (TPSA) is 40.6 Å². The Hall–Kier alpha value is 0.957. The first-order valence-electron chi connectivity index (χ1n) is 9.80. The third-order valence-corrected chi connectivity index (χ3v) is 16.5. The summed E-state index contributed by atoms with van der Waals surface area (Å²) in [6, 6.07) is 9.15. The first-order valence-corrected chi connectivity index (χ1v) is 18.9. The minimum absolute atomic E-state index is 0.709. The normalized spacial score (nSPS) is 12.1. The lowest BCUT2D eigenvalue weighted by Gasteiger charge is -2.29. The molecular weight excluding hydrogens is 499 g/mol. The van der Waals surface area contributed by atoms with Crippen molar-refractivity contribution in [1.29, 1.82) is 0 Å². The van der Waals surface area contributed by atoms with E-state index in [1.54, 1.807) is 51.6 Å². The van der Waals surface area contributed by atoms with Gasteiger partial charge in [-0.25, -0.2) is 4.98 Å². The van der Waals surface area contributed by atoms with Gasteiger partial charge in [0.05, 0.1) is 10.2 Å². The molecule has 29 heavy (non-hydrogen) atoms. The summed E-state index contributed by atoms with van der Waals surface area (Å²) in [6.07, 6.45) is 2.95. The molecule has 0 N–H and O–H groups in total. The molecule has 1 aromatic carbocycles. The van der Waals surface area contributed by atoms with Gasteiger partial charge in [-0.15, -0.1) is 11.3 Å². The van der Waals surface area contributed by atoms with Gasteiger partial charge in [0, 0.05) is 31.6 Å². The molecule has 1 heterocycles. The van der Waals surface area contributed by atoms with Gasteiger partial charge in [0.1, 0.15) is 0 Å². The first kappa shape index (κ1) is 26.2. The molecule has 0 spiro atoms. The maximum atomic E-state index is 6.15. The molecule has 164 valence electrons. The van der Waals surface area contributed by atoms with Crippen LogP contribution < -0.4 is 0 Å². The van der Waals surface area contributed by atoms with E-state index < -0.39 is 8.80 Å². The van der Waals surface area contributed by atoms with E-state index in [-0.39, 0.29) is 0 Å². The number of rotatable bonds is 17. The van der Waals surface area contributed by atoms with Crippen molar-refractivity contribution in [2.24, 2.45) is 0 Å². The molecule has 11 heteroatoms. The lowest BCUT2D eigenvalue weighted by molar-refractivity contribution is 0.0607. The van der Waals surface area contributed by atoms with Crippen LogP contribution in [0.5, 0.6) is 0 Å². The van der Waals surface area contributed by atoms with Gasteiger partial charge in [0.15, 0.2) is 4.34 Å². The van der Waals surface area contributed by atoms with E-state index in [2.05, 4.69) is 44.0 Å². The minimum Gasteiger partial charge on any atom is -0.373 e. The van der Waals surface area contributed by atoms with Crippen molar-refractivity contribution in [3.05, 3.63) is 24.3 Å². The van der Waals surface area contributed by atoms with Crippen molar-refractivity contribution in [3.63, 3.8) is 0 Å². The maximum absolute atomic E-state index is 6.15. The molecule has 0 fully saturated rings. The molecule has 0 saturated carbocycles. The minimum atomic E-state index is -2.56. The van der Waals surface area contributed by atoms with Gasteiger partial charge >= 0.3 is 8.80 Å². The number of benzene rings is 1. The predicted octanol–water partition coefficient (Wildman–Crippen LogP) is 8.20. The molecule has 1 aromatic heterocycles. The fourth-order valence-electron chi connectivity index (χ4n) is 2.28.